The molecule has 1 atom stereocenters. The lowest BCUT2D eigenvalue weighted by Crippen LogP contribution is -2.56. The third-order valence-corrected chi connectivity index (χ3v) is 7.69. The van der Waals surface area contributed by atoms with E-state index in [1.165, 1.54) is 12.3 Å². The number of halogens is 1. The van der Waals surface area contributed by atoms with Crippen molar-refractivity contribution < 1.29 is 22.4 Å². The number of hydrogen-bond acceptors (Lipinski definition) is 5. The number of rotatable bonds is 7. The lowest BCUT2D eigenvalue weighted by atomic mass is 9.88. The zero-order chi connectivity index (χ0) is 26.0. The Morgan fingerprint density at radius 1 is 1.06 bits per heavy atom. The number of carbonyl (C=O) groups excluding carboxylic acids is 2. The molecular formula is C26H34FN3O4S. The summed E-state index contributed by atoms with van der Waals surface area (Å²) in [6.07, 6.45) is 2.53. The number of likely N-dealkylation sites (tertiary alicyclic amines) is 1. The number of sulfone groups is 1. The molecule has 0 saturated carbocycles. The van der Waals surface area contributed by atoms with E-state index in [1.807, 2.05) is 13.8 Å². The van der Waals surface area contributed by atoms with Crippen LogP contribution in [0, 0.1) is 18.7 Å². The maximum atomic E-state index is 14.4. The van der Waals surface area contributed by atoms with Crippen LogP contribution >= 0.6 is 0 Å². The molecule has 9 heteroatoms. The summed E-state index contributed by atoms with van der Waals surface area (Å²) in [5, 5.41) is 6.21. The van der Waals surface area contributed by atoms with Crippen molar-refractivity contribution >= 4 is 27.3 Å². The van der Waals surface area contributed by atoms with Gasteiger partial charge in [0.15, 0.2) is 9.84 Å². The van der Waals surface area contributed by atoms with Gasteiger partial charge in [-0.3, -0.25) is 9.59 Å². The van der Waals surface area contributed by atoms with Crippen LogP contribution in [0.1, 0.15) is 49.5 Å². The summed E-state index contributed by atoms with van der Waals surface area (Å²) in [5.74, 6) is -1.52. The molecule has 0 aliphatic carbocycles. The van der Waals surface area contributed by atoms with Crippen molar-refractivity contribution in [1.82, 2.24) is 10.2 Å². The van der Waals surface area contributed by atoms with Crippen LogP contribution in [0.4, 0.5) is 10.1 Å². The Bertz CT molecular complexity index is 1190. The number of anilines is 1. The number of amides is 2. The highest BCUT2D eigenvalue weighted by Gasteiger charge is 2.36. The summed E-state index contributed by atoms with van der Waals surface area (Å²) in [5.41, 5.74) is 0.844. The maximum absolute atomic E-state index is 14.4. The van der Waals surface area contributed by atoms with Crippen LogP contribution in [0.2, 0.25) is 0 Å². The van der Waals surface area contributed by atoms with Crippen molar-refractivity contribution in [2.45, 2.75) is 57.0 Å². The molecule has 190 valence electrons. The average molecular weight is 504 g/mol. The van der Waals surface area contributed by atoms with Gasteiger partial charge in [-0.2, -0.15) is 0 Å². The van der Waals surface area contributed by atoms with Gasteiger partial charge in [-0.05, 0) is 68.5 Å². The Balaban J connectivity index is 1.64. The Morgan fingerprint density at radius 3 is 2.20 bits per heavy atom. The van der Waals surface area contributed by atoms with Crippen LogP contribution in [0.15, 0.2) is 47.4 Å². The summed E-state index contributed by atoms with van der Waals surface area (Å²) in [6.45, 7) is 8.37. The highest BCUT2D eigenvalue weighted by Crippen LogP contribution is 2.28. The topological polar surface area (TPSA) is 95.6 Å². The number of nitrogens with one attached hydrogen (secondary N) is 2. The van der Waals surface area contributed by atoms with Crippen molar-refractivity contribution in [3.05, 3.63) is 59.4 Å². The summed E-state index contributed by atoms with van der Waals surface area (Å²) in [6, 6.07) is 10.5. The van der Waals surface area contributed by atoms with E-state index in [9.17, 15) is 22.4 Å². The molecule has 0 unspecified atom stereocenters. The van der Waals surface area contributed by atoms with Crippen molar-refractivity contribution in [2.24, 2.45) is 5.92 Å². The van der Waals surface area contributed by atoms with Crippen LogP contribution in [-0.4, -0.2) is 56.1 Å². The van der Waals surface area contributed by atoms with E-state index in [0.717, 1.165) is 5.69 Å². The fourth-order valence-corrected chi connectivity index (χ4v) is 4.86. The van der Waals surface area contributed by atoms with Gasteiger partial charge in [-0.15, -0.1) is 0 Å². The molecule has 2 aromatic rings. The third-order valence-electron chi connectivity index (χ3n) is 6.56. The summed E-state index contributed by atoms with van der Waals surface area (Å²) in [4.78, 5) is 28.1. The molecule has 1 aliphatic rings. The van der Waals surface area contributed by atoms with Crippen LogP contribution in [-0.2, 0) is 14.6 Å². The van der Waals surface area contributed by atoms with Gasteiger partial charge in [-0.1, -0.05) is 26.0 Å². The van der Waals surface area contributed by atoms with Crippen LogP contribution in [0.25, 0.3) is 0 Å². The predicted molar refractivity (Wildman–Crippen MR) is 135 cm³/mol. The molecule has 1 fully saturated rings. The number of nitrogens with zero attached hydrogens (tertiary/aromatic N) is 1. The fraction of sp³-hybridized carbons (Fsp3) is 0.462. The first-order valence-corrected chi connectivity index (χ1v) is 13.6. The molecule has 0 aromatic heterocycles. The highest BCUT2D eigenvalue weighted by atomic mass is 32.2. The van der Waals surface area contributed by atoms with E-state index >= 15 is 0 Å². The maximum Gasteiger partial charge on any atom is 0.254 e. The van der Waals surface area contributed by atoms with E-state index in [0.29, 0.717) is 31.5 Å². The lowest BCUT2D eigenvalue weighted by molar-refractivity contribution is -0.135. The molecule has 1 saturated heterocycles. The van der Waals surface area contributed by atoms with Gasteiger partial charge in [-0.25, -0.2) is 12.8 Å². The predicted octanol–water partition coefficient (Wildman–Crippen LogP) is 3.79. The van der Waals surface area contributed by atoms with Crippen LogP contribution in [0.3, 0.4) is 0 Å². The Labute approximate surface area is 207 Å². The van der Waals surface area contributed by atoms with E-state index in [4.69, 9.17) is 0 Å². The largest absolute Gasteiger partial charge is 0.380 e. The second-order valence-corrected chi connectivity index (χ2v) is 12.0. The number of aryl methyl sites for hydroxylation is 1. The molecular weight excluding hydrogens is 469 g/mol. The number of hydrogen-bond donors (Lipinski definition) is 2. The first-order valence-electron chi connectivity index (χ1n) is 11.7. The van der Waals surface area contributed by atoms with Gasteiger partial charge in [0, 0.05) is 30.6 Å². The van der Waals surface area contributed by atoms with Crippen LogP contribution in [0.5, 0.6) is 0 Å². The van der Waals surface area contributed by atoms with Crippen molar-refractivity contribution in [1.29, 1.82) is 0 Å². The summed E-state index contributed by atoms with van der Waals surface area (Å²) >= 11 is 0. The highest BCUT2D eigenvalue weighted by molar-refractivity contribution is 7.90. The SMILES string of the molecule is Cc1cccc(C(=O)N[C@@H](C(=O)N2CCC(C)(Nc3ccc(S(C)(=O)=O)cc3)CC2)C(C)C)c1F. The second kappa shape index (κ2) is 10.4. The molecule has 7 nitrogen and oxygen atoms in total. The zero-order valence-electron chi connectivity index (χ0n) is 20.9. The van der Waals surface area contributed by atoms with E-state index in [1.54, 1.807) is 48.2 Å². The minimum absolute atomic E-state index is 0.0687. The number of benzene rings is 2. The van der Waals surface area contributed by atoms with Crippen LogP contribution < -0.4 is 10.6 Å². The normalized spacial score (nSPS) is 16.6. The van der Waals surface area contributed by atoms with E-state index < -0.39 is 27.6 Å². The van der Waals surface area contributed by atoms with Gasteiger partial charge in [0.05, 0.1) is 10.5 Å². The van der Waals surface area contributed by atoms with E-state index in [-0.39, 0.29) is 27.8 Å². The minimum Gasteiger partial charge on any atom is -0.380 e. The van der Waals surface area contributed by atoms with Crippen molar-refractivity contribution in [3.8, 4) is 0 Å². The van der Waals surface area contributed by atoms with E-state index in [2.05, 4.69) is 17.6 Å². The summed E-state index contributed by atoms with van der Waals surface area (Å²) < 4.78 is 37.8. The molecule has 2 N–H and O–H groups in total. The third kappa shape index (κ3) is 6.39. The molecule has 3 rings (SSSR count). The Hall–Kier alpha value is -2.94. The first-order chi connectivity index (χ1) is 16.3. The first kappa shape index (κ1) is 26.7. The molecule has 1 aliphatic heterocycles. The average Bonchev–Trinajstić information content (AvgIpc) is 2.78. The fourth-order valence-electron chi connectivity index (χ4n) is 4.23. The van der Waals surface area contributed by atoms with Gasteiger partial charge >= 0.3 is 0 Å². The van der Waals surface area contributed by atoms with Crippen molar-refractivity contribution in [2.75, 3.05) is 24.7 Å². The van der Waals surface area contributed by atoms with Gasteiger partial charge < -0.3 is 15.5 Å². The monoisotopic (exact) mass is 503 g/mol. The smallest absolute Gasteiger partial charge is 0.254 e. The lowest BCUT2D eigenvalue weighted by Gasteiger charge is -2.42. The Morgan fingerprint density at radius 2 is 1.66 bits per heavy atom. The number of carbonyl (C=O) groups is 2. The van der Waals surface area contributed by atoms with Gasteiger partial charge in [0.2, 0.25) is 5.91 Å². The van der Waals surface area contributed by atoms with Gasteiger partial charge in [0.1, 0.15) is 11.9 Å². The molecule has 0 bridgehead atoms. The zero-order valence-corrected chi connectivity index (χ0v) is 21.7. The van der Waals surface area contributed by atoms with Gasteiger partial charge in [0.25, 0.3) is 5.91 Å². The number of piperidine rings is 1. The summed E-state index contributed by atoms with van der Waals surface area (Å²) in [7, 11) is -3.25. The molecule has 1 heterocycles. The molecule has 2 amide bonds. The van der Waals surface area contributed by atoms with Crippen molar-refractivity contribution in [3.63, 3.8) is 0 Å². The molecule has 2 aromatic carbocycles. The standard InChI is InChI=1S/C26H34FN3O4S/c1-17(2)23(28-24(31)21-8-6-7-18(3)22(21)27)25(32)30-15-13-26(4,14-16-30)29-19-9-11-20(12-10-19)35(5,33)34/h6-12,17,23,29H,13-16H2,1-5H3,(H,28,31)/t23-/m1/s1. The Kier molecular flexibility index (Phi) is 7.89. The quantitative estimate of drug-likeness (QED) is 0.600. The minimum atomic E-state index is -3.25. The molecule has 35 heavy (non-hydrogen) atoms. The molecule has 0 radical (unpaired) electrons. The second-order valence-electron chi connectivity index (χ2n) is 9.94. The molecule has 0 spiro atoms.